The minimum atomic E-state index is 0.334. The number of benzene rings is 1. The Kier molecular flexibility index (Phi) is 4.06. The maximum Gasteiger partial charge on any atom is 0.163 e. The third kappa shape index (κ3) is 2.82. The van der Waals surface area contributed by atoms with Gasteiger partial charge < -0.3 is 4.90 Å². The Balaban J connectivity index is 1.73. The minimum Gasteiger partial charge on any atom is -0.349 e. The molecule has 1 saturated heterocycles. The van der Waals surface area contributed by atoms with Crippen LogP contribution in [0.3, 0.4) is 0 Å². The first-order valence-electron chi connectivity index (χ1n) is 8.64. The Labute approximate surface area is 146 Å². The summed E-state index contributed by atoms with van der Waals surface area (Å²) < 4.78 is 1.79. The van der Waals surface area contributed by atoms with Gasteiger partial charge in [0, 0.05) is 6.54 Å². The van der Waals surface area contributed by atoms with Crippen LogP contribution in [0.15, 0.2) is 36.8 Å². The molecule has 0 bridgehead atoms. The molecule has 2 aromatic heterocycles. The third-order valence-corrected chi connectivity index (χ3v) is 4.80. The van der Waals surface area contributed by atoms with Gasteiger partial charge in [0.15, 0.2) is 5.65 Å². The average molecular weight is 332 g/mol. The van der Waals surface area contributed by atoms with Gasteiger partial charge in [0.1, 0.15) is 12.1 Å². The van der Waals surface area contributed by atoms with E-state index >= 15 is 0 Å². The number of anilines is 1. The van der Waals surface area contributed by atoms with E-state index in [2.05, 4.69) is 57.2 Å². The first kappa shape index (κ1) is 15.6. The molecule has 1 aliphatic rings. The molecule has 0 unspecified atom stereocenters. The van der Waals surface area contributed by atoms with Crippen molar-refractivity contribution < 1.29 is 0 Å². The zero-order chi connectivity index (χ0) is 17.2. The van der Waals surface area contributed by atoms with E-state index in [1.807, 2.05) is 6.20 Å². The van der Waals surface area contributed by atoms with Crippen molar-refractivity contribution in [2.45, 2.75) is 38.8 Å². The molecule has 1 fully saturated rings. The summed E-state index contributed by atoms with van der Waals surface area (Å²) in [5, 5.41) is 14.2. The van der Waals surface area contributed by atoms with Crippen LogP contribution < -0.4 is 4.90 Å². The number of aromatic nitrogens is 4. The lowest BCUT2D eigenvalue weighted by Gasteiger charge is -2.26. The van der Waals surface area contributed by atoms with E-state index < -0.39 is 0 Å². The van der Waals surface area contributed by atoms with Gasteiger partial charge in [0.25, 0.3) is 0 Å². The molecule has 6 nitrogen and oxygen atoms in total. The van der Waals surface area contributed by atoms with E-state index in [0.29, 0.717) is 19.0 Å². The Hall–Kier alpha value is -2.94. The molecule has 0 radical (unpaired) electrons. The predicted octanol–water partition coefficient (Wildman–Crippen LogP) is 3.39. The van der Waals surface area contributed by atoms with Crippen molar-refractivity contribution in [2.24, 2.45) is 0 Å². The highest BCUT2D eigenvalue weighted by Gasteiger charge is 2.29. The van der Waals surface area contributed by atoms with Crippen molar-refractivity contribution in [1.29, 1.82) is 5.26 Å². The quantitative estimate of drug-likeness (QED) is 0.732. The van der Waals surface area contributed by atoms with Gasteiger partial charge in [-0.05, 0) is 25.3 Å². The van der Waals surface area contributed by atoms with Crippen LogP contribution in [0.5, 0.6) is 0 Å². The van der Waals surface area contributed by atoms with Crippen molar-refractivity contribution in [3.63, 3.8) is 0 Å². The van der Waals surface area contributed by atoms with Crippen LogP contribution in [0.4, 0.5) is 5.82 Å². The highest BCUT2D eigenvalue weighted by Crippen LogP contribution is 2.37. The predicted molar refractivity (Wildman–Crippen MR) is 96.1 cm³/mol. The molecular weight excluding hydrogens is 312 g/mol. The largest absolute Gasteiger partial charge is 0.349 e. The summed E-state index contributed by atoms with van der Waals surface area (Å²) in [6.45, 7) is 3.66. The number of hydrogen-bond acceptors (Lipinski definition) is 5. The van der Waals surface area contributed by atoms with Gasteiger partial charge in [0.2, 0.25) is 0 Å². The third-order valence-electron chi connectivity index (χ3n) is 4.80. The van der Waals surface area contributed by atoms with Crippen LogP contribution in [-0.4, -0.2) is 26.3 Å². The SMILES string of the molecule is Cc1cccc([C@@H]2CCCN2c2ncnc3c2cnn3CCC#N)c1. The lowest BCUT2D eigenvalue weighted by atomic mass is 10.0. The van der Waals surface area contributed by atoms with Gasteiger partial charge in [0.05, 0.1) is 36.7 Å². The second-order valence-electron chi connectivity index (χ2n) is 6.48. The molecule has 1 aliphatic heterocycles. The molecule has 0 N–H and O–H groups in total. The van der Waals surface area contributed by atoms with Crippen molar-refractivity contribution in [3.05, 3.63) is 47.9 Å². The monoisotopic (exact) mass is 332 g/mol. The number of rotatable bonds is 4. The molecule has 3 aromatic rings. The molecule has 3 heterocycles. The van der Waals surface area contributed by atoms with E-state index in [9.17, 15) is 0 Å². The van der Waals surface area contributed by atoms with Gasteiger partial charge in [-0.3, -0.25) is 0 Å². The Morgan fingerprint density at radius 3 is 3.08 bits per heavy atom. The number of nitriles is 1. The summed E-state index contributed by atoms with van der Waals surface area (Å²) in [4.78, 5) is 11.3. The summed E-state index contributed by atoms with van der Waals surface area (Å²) >= 11 is 0. The molecule has 25 heavy (non-hydrogen) atoms. The highest BCUT2D eigenvalue weighted by atomic mass is 15.3. The molecule has 4 rings (SSSR count). The fraction of sp³-hybridized carbons (Fsp3) is 0.368. The van der Waals surface area contributed by atoms with Gasteiger partial charge in [-0.2, -0.15) is 10.4 Å². The molecule has 0 saturated carbocycles. The molecular formula is C19H20N6. The maximum absolute atomic E-state index is 8.82. The lowest BCUT2D eigenvalue weighted by Crippen LogP contribution is -2.24. The van der Waals surface area contributed by atoms with Gasteiger partial charge >= 0.3 is 0 Å². The second-order valence-corrected chi connectivity index (χ2v) is 6.48. The fourth-order valence-corrected chi connectivity index (χ4v) is 3.67. The first-order chi connectivity index (χ1) is 12.3. The van der Waals surface area contributed by atoms with E-state index in [-0.39, 0.29) is 0 Å². The first-order valence-corrected chi connectivity index (χ1v) is 8.64. The molecule has 6 heteroatoms. The van der Waals surface area contributed by atoms with Crippen LogP contribution >= 0.6 is 0 Å². The van der Waals surface area contributed by atoms with E-state index in [1.165, 1.54) is 11.1 Å². The normalized spacial score (nSPS) is 17.1. The number of hydrogen-bond donors (Lipinski definition) is 0. The topological polar surface area (TPSA) is 70.6 Å². The van der Waals surface area contributed by atoms with Crippen molar-refractivity contribution in [2.75, 3.05) is 11.4 Å². The smallest absolute Gasteiger partial charge is 0.163 e. The number of nitrogens with zero attached hydrogens (tertiary/aromatic N) is 6. The fourth-order valence-electron chi connectivity index (χ4n) is 3.67. The Bertz CT molecular complexity index is 938. The molecule has 126 valence electrons. The molecule has 0 aliphatic carbocycles. The van der Waals surface area contributed by atoms with E-state index in [1.54, 1.807) is 11.0 Å². The van der Waals surface area contributed by atoms with Crippen LogP contribution in [0.1, 0.15) is 36.4 Å². The van der Waals surface area contributed by atoms with Crippen molar-refractivity contribution in [3.8, 4) is 6.07 Å². The number of aryl methyl sites for hydroxylation is 2. The zero-order valence-corrected chi connectivity index (χ0v) is 14.3. The van der Waals surface area contributed by atoms with Gasteiger partial charge in [-0.25, -0.2) is 14.6 Å². The van der Waals surface area contributed by atoms with E-state index in [0.717, 1.165) is 36.2 Å². The summed E-state index contributed by atoms with van der Waals surface area (Å²) in [5.41, 5.74) is 3.41. The van der Waals surface area contributed by atoms with Gasteiger partial charge in [-0.15, -0.1) is 0 Å². The molecule has 0 amide bonds. The highest BCUT2D eigenvalue weighted by molar-refractivity contribution is 5.87. The summed E-state index contributed by atoms with van der Waals surface area (Å²) in [6.07, 6.45) is 6.12. The average Bonchev–Trinajstić information content (AvgIpc) is 3.27. The zero-order valence-electron chi connectivity index (χ0n) is 14.3. The van der Waals surface area contributed by atoms with Crippen LogP contribution in [0.2, 0.25) is 0 Å². The summed E-state index contributed by atoms with van der Waals surface area (Å²) in [5.74, 6) is 0.942. The lowest BCUT2D eigenvalue weighted by molar-refractivity contribution is 0.643. The van der Waals surface area contributed by atoms with Crippen molar-refractivity contribution >= 4 is 16.9 Å². The summed E-state index contributed by atoms with van der Waals surface area (Å²) in [7, 11) is 0. The standard InChI is InChI=1S/C19H20N6/c1-14-5-2-6-15(11-14)17-7-3-9-24(17)18-16-12-23-25(10-4-8-20)19(16)22-13-21-18/h2,5-6,11-13,17H,3-4,7,9-10H2,1H3/t17-/m0/s1. The molecule has 1 atom stereocenters. The summed E-state index contributed by atoms with van der Waals surface area (Å²) in [6, 6.07) is 11.2. The maximum atomic E-state index is 8.82. The van der Waals surface area contributed by atoms with Crippen LogP contribution in [0, 0.1) is 18.3 Å². The Morgan fingerprint density at radius 1 is 1.32 bits per heavy atom. The van der Waals surface area contributed by atoms with E-state index in [4.69, 9.17) is 5.26 Å². The molecule has 1 aromatic carbocycles. The Morgan fingerprint density at radius 2 is 2.24 bits per heavy atom. The van der Waals surface area contributed by atoms with Gasteiger partial charge in [-0.1, -0.05) is 29.8 Å². The minimum absolute atomic E-state index is 0.334. The second kappa shape index (κ2) is 6.52. The molecule has 0 spiro atoms. The van der Waals surface area contributed by atoms with Crippen LogP contribution in [-0.2, 0) is 6.54 Å². The van der Waals surface area contributed by atoms with Crippen LogP contribution in [0.25, 0.3) is 11.0 Å². The number of fused-ring (bicyclic) bond motifs is 1. The van der Waals surface area contributed by atoms with Crippen molar-refractivity contribution in [1.82, 2.24) is 19.7 Å².